The summed E-state index contributed by atoms with van der Waals surface area (Å²) in [7, 11) is -4.86. The van der Waals surface area contributed by atoms with Crippen LogP contribution in [0.1, 0.15) is 13.3 Å². The molecule has 0 saturated carbocycles. The van der Waals surface area contributed by atoms with Crippen LogP contribution >= 0.6 is 0 Å². The lowest BCUT2D eigenvalue weighted by atomic mass is 10.4. The Morgan fingerprint density at radius 1 is 1.47 bits per heavy atom. The monoisotopic (exact) mass is 250 g/mol. The summed E-state index contributed by atoms with van der Waals surface area (Å²) in [5.74, 6) is -2.89. The third kappa shape index (κ3) is 6.28. The lowest BCUT2D eigenvalue weighted by Gasteiger charge is -2.18. The molecule has 0 saturated heterocycles. The van der Waals surface area contributed by atoms with Crippen molar-refractivity contribution >= 4 is 16.1 Å². The number of carbonyl (C=O) groups is 1. The van der Waals surface area contributed by atoms with Crippen LogP contribution in [0.2, 0.25) is 0 Å². The van der Waals surface area contributed by atoms with Gasteiger partial charge in [-0.3, -0.25) is 9.35 Å². The van der Waals surface area contributed by atoms with Gasteiger partial charge in [0.15, 0.2) is 0 Å². The minimum absolute atomic E-state index is 0.321. The molecule has 0 rings (SSSR count). The predicted octanol–water partition coefficient (Wildman–Crippen LogP) is 0.758. The molecule has 1 unspecified atom stereocenters. The van der Waals surface area contributed by atoms with Gasteiger partial charge in [-0.15, -0.1) is 0 Å². The number of halogens is 3. The van der Waals surface area contributed by atoms with Crippen molar-refractivity contribution in [2.45, 2.75) is 25.6 Å². The van der Waals surface area contributed by atoms with Gasteiger partial charge in [-0.2, -0.15) is 21.6 Å². The molecule has 0 aromatic carbocycles. The molecule has 0 fully saturated rings. The van der Waals surface area contributed by atoms with Crippen molar-refractivity contribution in [2.75, 3.05) is 5.75 Å². The fourth-order valence-corrected chi connectivity index (χ4v) is 1.27. The Kier molecular flexibility index (Phi) is 4.53. The Bertz CT molecular complexity index is 320. The molecule has 90 valence electrons. The van der Waals surface area contributed by atoms with E-state index in [4.69, 9.17) is 4.55 Å². The minimum atomic E-state index is -5.03. The molecule has 0 aliphatic heterocycles. The lowest BCUT2D eigenvalue weighted by molar-refractivity contribution is -0.215. The van der Waals surface area contributed by atoms with E-state index in [1.54, 1.807) is 0 Å². The van der Waals surface area contributed by atoms with Gasteiger partial charge in [0.2, 0.25) is 6.10 Å². The zero-order valence-corrected chi connectivity index (χ0v) is 8.43. The highest BCUT2D eigenvalue weighted by Gasteiger charge is 2.45. The van der Waals surface area contributed by atoms with Crippen LogP contribution in [-0.4, -0.2) is 37.0 Å². The van der Waals surface area contributed by atoms with Crippen LogP contribution in [0.4, 0.5) is 13.2 Å². The van der Waals surface area contributed by atoms with Crippen LogP contribution in [-0.2, 0) is 19.6 Å². The summed E-state index contributed by atoms with van der Waals surface area (Å²) in [5, 5.41) is 0. The molecule has 0 bridgehead atoms. The van der Waals surface area contributed by atoms with Crippen LogP contribution in [0, 0.1) is 0 Å². The summed E-state index contributed by atoms with van der Waals surface area (Å²) >= 11 is 0. The number of hydrogen-bond donors (Lipinski definition) is 1. The fraction of sp³-hybridized carbons (Fsp3) is 0.833. The van der Waals surface area contributed by atoms with Gasteiger partial charge in [-0.25, -0.2) is 0 Å². The molecule has 0 radical (unpaired) electrons. The first-order chi connectivity index (χ1) is 6.56. The van der Waals surface area contributed by atoms with E-state index < -0.39 is 34.1 Å². The molecular weight excluding hydrogens is 241 g/mol. The summed E-state index contributed by atoms with van der Waals surface area (Å²) < 4.78 is 68.8. The van der Waals surface area contributed by atoms with Crippen molar-refractivity contribution in [3.8, 4) is 0 Å². The zero-order chi connectivity index (χ0) is 12.3. The molecule has 1 N–H and O–H groups in total. The van der Waals surface area contributed by atoms with Crippen molar-refractivity contribution in [2.24, 2.45) is 0 Å². The maximum atomic E-state index is 12.1. The van der Waals surface area contributed by atoms with E-state index in [-0.39, 0.29) is 6.42 Å². The third-order valence-electron chi connectivity index (χ3n) is 1.29. The second-order valence-electron chi connectivity index (χ2n) is 2.62. The standard InChI is InChI=1S/C6H9F3O5S/c1-2-5(10)14-4(6(7,8)9)3-15(11,12)13/h4H,2-3H2,1H3,(H,11,12,13). The number of carbonyl (C=O) groups excluding carboxylic acids is 1. The quantitative estimate of drug-likeness (QED) is 0.588. The summed E-state index contributed by atoms with van der Waals surface area (Å²) in [5.41, 5.74) is 0. The van der Waals surface area contributed by atoms with Gasteiger partial charge in [0.25, 0.3) is 10.1 Å². The van der Waals surface area contributed by atoms with Gasteiger partial charge >= 0.3 is 12.1 Å². The molecule has 1 atom stereocenters. The normalized spacial score (nSPS) is 14.7. The Balaban J connectivity index is 4.69. The van der Waals surface area contributed by atoms with Crippen LogP contribution in [0.25, 0.3) is 0 Å². The van der Waals surface area contributed by atoms with Gasteiger partial charge in [0, 0.05) is 6.42 Å². The molecular formula is C6H9F3O5S. The van der Waals surface area contributed by atoms with Crippen LogP contribution in [0.3, 0.4) is 0 Å². The molecule has 0 aliphatic rings. The van der Waals surface area contributed by atoms with Crippen molar-refractivity contribution in [1.82, 2.24) is 0 Å². The second-order valence-corrected chi connectivity index (χ2v) is 4.12. The Hall–Kier alpha value is -0.830. The van der Waals surface area contributed by atoms with E-state index in [2.05, 4.69) is 4.74 Å². The average molecular weight is 250 g/mol. The highest BCUT2D eigenvalue weighted by molar-refractivity contribution is 7.85. The van der Waals surface area contributed by atoms with Gasteiger partial charge in [-0.1, -0.05) is 6.92 Å². The Morgan fingerprint density at radius 2 is 1.93 bits per heavy atom. The van der Waals surface area contributed by atoms with Gasteiger partial charge < -0.3 is 4.74 Å². The van der Waals surface area contributed by atoms with E-state index in [0.717, 1.165) is 0 Å². The average Bonchev–Trinajstić information content (AvgIpc) is 1.98. The van der Waals surface area contributed by atoms with Gasteiger partial charge in [0.1, 0.15) is 5.75 Å². The van der Waals surface area contributed by atoms with Crippen molar-refractivity contribution in [3.63, 3.8) is 0 Å². The first kappa shape index (κ1) is 14.2. The molecule has 15 heavy (non-hydrogen) atoms. The summed E-state index contributed by atoms with van der Waals surface area (Å²) in [6, 6.07) is 0. The van der Waals surface area contributed by atoms with E-state index in [0.29, 0.717) is 0 Å². The summed E-state index contributed by atoms with van der Waals surface area (Å²) in [6.07, 6.45) is -8.18. The maximum Gasteiger partial charge on any atom is 0.426 e. The first-order valence-electron chi connectivity index (χ1n) is 3.77. The molecule has 0 aromatic rings. The maximum absolute atomic E-state index is 12.1. The SMILES string of the molecule is CCC(=O)OC(CS(=O)(=O)O)C(F)(F)F. The number of ether oxygens (including phenoxy) is 1. The topological polar surface area (TPSA) is 80.7 Å². The third-order valence-corrected chi connectivity index (χ3v) is 2.01. The number of alkyl halides is 3. The molecule has 0 amide bonds. The van der Waals surface area contributed by atoms with Crippen molar-refractivity contribution in [1.29, 1.82) is 0 Å². The Morgan fingerprint density at radius 3 is 2.20 bits per heavy atom. The van der Waals surface area contributed by atoms with Crippen molar-refractivity contribution < 1.29 is 35.7 Å². The zero-order valence-electron chi connectivity index (χ0n) is 7.61. The van der Waals surface area contributed by atoms with E-state index in [1.165, 1.54) is 6.92 Å². The summed E-state index contributed by atoms with van der Waals surface area (Å²) in [6.45, 7) is 1.25. The Labute approximate surface area is 84.0 Å². The number of hydrogen-bond acceptors (Lipinski definition) is 4. The molecule has 0 spiro atoms. The number of rotatable bonds is 4. The number of esters is 1. The molecule has 0 aromatic heterocycles. The highest BCUT2D eigenvalue weighted by atomic mass is 32.2. The second kappa shape index (κ2) is 4.79. The van der Waals surface area contributed by atoms with Crippen LogP contribution < -0.4 is 0 Å². The highest BCUT2D eigenvalue weighted by Crippen LogP contribution is 2.24. The largest absolute Gasteiger partial charge is 0.451 e. The van der Waals surface area contributed by atoms with Crippen LogP contribution in [0.5, 0.6) is 0 Å². The van der Waals surface area contributed by atoms with E-state index >= 15 is 0 Å². The van der Waals surface area contributed by atoms with Gasteiger partial charge in [0.05, 0.1) is 0 Å². The van der Waals surface area contributed by atoms with Crippen LogP contribution in [0.15, 0.2) is 0 Å². The fourth-order valence-electron chi connectivity index (χ4n) is 0.629. The molecule has 0 aliphatic carbocycles. The van der Waals surface area contributed by atoms with E-state index in [1.807, 2.05) is 0 Å². The van der Waals surface area contributed by atoms with Gasteiger partial charge in [-0.05, 0) is 0 Å². The predicted molar refractivity (Wildman–Crippen MR) is 42.6 cm³/mol. The first-order valence-corrected chi connectivity index (χ1v) is 5.38. The van der Waals surface area contributed by atoms with E-state index in [9.17, 15) is 26.4 Å². The summed E-state index contributed by atoms with van der Waals surface area (Å²) in [4.78, 5) is 10.6. The smallest absolute Gasteiger partial charge is 0.426 e. The molecule has 9 heteroatoms. The molecule has 5 nitrogen and oxygen atoms in total. The molecule has 0 heterocycles. The van der Waals surface area contributed by atoms with Crippen molar-refractivity contribution in [3.05, 3.63) is 0 Å². The lowest BCUT2D eigenvalue weighted by Crippen LogP contribution is -2.39. The minimum Gasteiger partial charge on any atom is -0.451 e.